The molecule has 6 heteroatoms. The van der Waals surface area contributed by atoms with Crippen molar-refractivity contribution in [3.8, 4) is 17.2 Å². The van der Waals surface area contributed by atoms with Crippen molar-refractivity contribution in [2.24, 2.45) is 5.92 Å². The molecule has 2 aromatic carbocycles. The molecule has 0 N–H and O–H groups in total. The molecule has 0 amide bonds. The van der Waals surface area contributed by atoms with Gasteiger partial charge in [-0.1, -0.05) is 51.3 Å². The summed E-state index contributed by atoms with van der Waals surface area (Å²) in [6.07, 6.45) is 4.81. The third kappa shape index (κ3) is 7.71. The van der Waals surface area contributed by atoms with Crippen molar-refractivity contribution >= 4 is 38.3 Å². The topological polar surface area (TPSA) is 44.8 Å². The molecule has 4 nitrogen and oxygen atoms in total. The van der Waals surface area contributed by atoms with Crippen LogP contribution in [0.3, 0.4) is 0 Å². The van der Waals surface area contributed by atoms with Crippen LogP contribution in [0.2, 0.25) is 0 Å². The number of hydrogen-bond donors (Lipinski definition) is 0. The Morgan fingerprint density at radius 1 is 1.00 bits per heavy atom. The first-order valence-electron chi connectivity index (χ1n) is 9.88. The van der Waals surface area contributed by atoms with Crippen molar-refractivity contribution in [3.63, 3.8) is 0 Å². The van der Waals surface area contributed by atoms with E-state index >= 15 is 0 Å². The third-order valence-corrected chi connectivity index (χ3v) is 5.90. The van der Waals surface area contributed by atoms with E-state index in [0.29, 0.717) is 23.0 Å². The molecule has 0 aliphatic heterocycles. The van der Waals surface area contributed by atoms with Gasteiger partial charge in [-0.3, -0.25) is 4.79 Å². The first-order chi connectivity index (χ1) is 13.6. The summed E-state index contributed by atoms with van der Waals surface area (Å²) in [5.74, 6) is 2.52. The van der Waals surface area contributed by atoms with Gasteiger partial charge in [-0.25, -0.2) is 0 Å². The number of benzene rings is 2. The fourth-order valence-corrected chi connectivity index (χ4v) is 3.98. The summed E-state index contributed by atoms with van der Waals surface area (Å²) < 4.78 is 16.6. The second-order valence-electron chi connectivity index (χ2n) is 6.74. The van der Waals surface area contributed by atoms with Gasteiger partial charge in [0.1, 0.15) is 22.8 Å². The molecule has 0 radical (unpaired) electrons. The molecule has 0 aromatic heterocycles. The first-order valence-corrected chi connectivity index (χ1v) is 10.9. The van der Waals surface area contributed by atoms with E-state index in [9.17, 15) is 4.79 Å². The molecule has 0 bridgehead atoms. The monoisotopic (exact) mass is 410 g/mol. The minimum atomic E-state index is -0.00622. The maximum absolute atomic E-state index is 12.8. The van der Waals surface area contributed by atoms with E-state index in [1.54, 1.807) is 26.4 Å². The molecule has 2 unspecified atom stereocenters. The second-order valence-corrected chi connectivity index (χ2v) is 8.03. The molecule has 0 saturated carbocycles. The predicted octanol–water partition coefficient (Wildman–Crippen LogP) is 4.79. The van der Waals surface area contributed by atoms with Crippen molar-refractivity contribution in [1.82, 2.24) is 0 Å². The summed E-state index contributed by atoms with van der Waals surface area (Å²) in [6.45, 7) is 5.18. The van der Waals surface area contributed by atoms with Gasteiger partial charge in [-0.05, 0) is 50.5 Å². The summed E-state index contributed by atoms with van der Waals surface area (Å²) in [7, 11) is 3.11. The van der Waals surface area contributed by atoms with Crippen LogP contribution in [0.15, 0.2) is 42.5 Å². The molecule has 0 aliphatic rings. The number of ether oxygens (including phenoxy) is 3. The van der Waals surface area contributed by atoms with Crippen LogP contribution in [-0.2, 0) is 0 Å². The number of unbranched alkanes of at least 4 members (excludes halogenated alkanes) is 1. The normalized spacial score (nSPS) is 11.7. The van der Waals surface area contributed by atoms with Gasteiger partial charge in [0.2, 0.25) is 0 Å². The SMILES string of the molecule is CCCCC(CC)COc1ccc(PC(=O)c2c(OC)cccc2OC)cc1.[LiH]. The van der Waals surface area contributed by atoms with E-state index in [2.05, 4.69) is 13.8 Å². The van der Waals surface area contributed by atoms with Crippen molar-refractivity contribution < 1.29 is 19.0 Å². The van der Waals surface area contributed by atoms with E-state index < -0.39 is 0 Å². The summed E-state index contributed by atoms with van der Waals surface area (Å²) in [5, 5.41) is 0.961. The van der Waals surface area contributed by atoms with Crippen LogP contribution in [0.25, 0.3) is 0 Å². The van der Waals surface area contributed by atoms with Crippen LogP contribution < -0.4 is 19.5 Å². The number of carbonyl (C=O) groups excluding carboxylic acids is 1. The Kier molecular flexibility index (Phi) is 12.1. The molecule has 2 rings (SSSR count). The standard InChI is InChI=1S/C23H31O4P.Li.H/c1-5-7-9-17(6-2)16-27-18-12-14-19(15-13-18)28-23(24)22-20(25-3)10-8-11-21(22)26-4;;/h8,10-15,17,28H,5-7,9,16H2,1-4H3;;. The number of carbonyl (C=O) groups is 1. The molecular formula is C23H32LiO4P. The van der Waals surface area contributed by atoms with Gasteiger partial charge in [0.25, 0.3) is 0 Å². The molecule has 0 heterocycles. The number of hydrogen-bond acceptors (Lipinski definition) is 4. The van der Waals surface area contributed by atoms with E-state index in [1.165, 1.54) is 19.3 Å². The molecule has 0 spiro atoms. The summed E-state index contributed by atoms with van der Waals surface area (Å²) in [6, 6.07) is 13.2. The van der Waals surface area contributed by atoms with Crippen LogP contribution in [0.1, 0.15) is 49.9 Å². The molecule has 29 heavy (non-hydrogen) atoms. The van der Waals surface area contributed by atoms with Crippen LogP contribution in [0.4, 0.5) is 0 Å². The van der Waals surface area contributed by atoms with Crippen molar-refractivity contribution in [2.75, 3.05) is 20.8 Å². The predicted molar refractivity (Wildman–Crippen MR) is 124 cm³/mol. The first kappa shape index (κ1) is 25.6. The zero-order valence-electron chi connectivity index (χ0n) is 17.3. The van der Waals surface area contributed by atoms with Gasteiger partial charge in [0.05, 0.1) is 20.8 Å². The number of methoxy groups -OCH3 is 2. The van der Waals surface area contributed by atoms with Crippen LogP contribution >= 0.6 is 8.58 Å². The van der Waals surface area contributed by atoms with Crippen LogP contribution in [0, 0.1) is 5.92 Å². The fraction of sp³-hybridized carbons (Fsp3) is 0.435. The van der Waals surface area contributed by atoms with Crippen molar-refractivity contribution in [2.45, 2.75) is 39.5 Å². The molecule has 2 aromatic rings. The summed E-state index contributed by atoms with van der Waals surface area (Å²) in [5.41, 5.74) is 0.487. The Balaban J connectivity index is 0.00000420. The van der Waals surface area contributed by atoms with E-state index in [0.717, 1.165) is 24.1 Å². The van der Waals surface area contributed by atoms with Crippen LogP contribution in [0.5, 0.6) is 17.2 Å². The zero-order valence-corrected chi connectivity index (χ0v) is 18.3. The average molecular weight is 410 g/mol. The van der Waals surface area contributed by atoms with E-state index in [-0.39, 0.29) is 33.0 Å². The minimum absolute atomic E-state index is 0. The molecule has 0 fully saturated rings. The third-order valence-electron chi connectivity index (χ3n) is 4.80. The fourth-order valence-electron chi connectivity index (χ4n) is 3.02. The van der Waals surface area contributed by atoms with Crippen LogP contribution in [-0.4, -0.2) is 45.2 Å². The quantitative estimate of drug-likeness (QED) is 0.373. The van der Waals surface area contributed by atoms with Gasteiger partial charge in [0.15, 0.2) is 5.52 Å². The maximum atomic E-state index is 12.8. The summed E-state index contributed by atoms with van der Waals surface area (Å²) >= 11 is 0. The Hall–Kier alpha value is -1.46. The molecular weight excluding hydrogens is 378 g/mol. The number of rotatable bonds is 12. The Morgan fingerprint density at radius 3 is 2.14 bits per heavy atom. The molecule has 0 aliphatic carbocycles. The summed E-state index contributed by atoms with van der Waals surface area (Å²) in [4.78, 5) is 12.8. The average Bonchev–Trinajstić information content (AvgIpc) is 2.74. The Labute approximate surface area is 188 Å². The van der Waals surface area contributed by atoms with E-state index in [4.69, 9.17) is 14.2 Å². The van der Waals surface area contributed by atoms with Gasteiger partial charge < -0.3 is 14.2 Å². The van der Waals surface area contributed by atoms with Gasteiger partial charge >= 0.3 is 18.9 Å². The second kappa shape index (κ2) is 13.7. The van der Waals surface area contributed by atoms with Gasteiger partial charge in [-0.15, -0.1) is 0 Å². The van der Waals surface area contributed by atoms with Gasteiger partial charge in [0, 0.05) is 0 Å². The molecule has 154 valence electrons. The zero-order chi connectivity index (χ0) is 20.4. The van der Waals surface area contributed by atoms with Crippen molar-refractivity contribution in [3.05, 3.63) is 48.0 Å². The van der Waals surface area contributed by atoms with E-state index in [1.807, 2.05) is 30.3 Å². The van der Waals surface area contributed by atoms with Crippen molar-refractivity contribution in [1.29, 1.82) is 0 Å². The molecule has 0 saturated heterocycles. The van der Waals surface area contributed by atoms with Gasteiger partial charge in [-0.2, -0.15) is 0 Å². The molecule has 2 atom stereocenters. The Bertz CT molecular complexity index is 727. The Morgan fingerprint density at radius 2 is 1.62 bits per heavy atom.